The lowest BCUT2D eigenvalue weighted by atomic mass is 10.3. The second-order valence-electron chi connectivity index (χ2n) is 2.01. The van der Waals surface area contributed by atoms with Crippen LogP contribution < -0.4 is 17.2 Å². The third-order valence-electron chi connectivity index (χ3n) is 0.974. The first-order valence-electron chi connectivity index (χ1n) is 3.47. The van der Waals surface area contributed by atoms with Crippen molar-refractivity contribution in [2.45, 2.75) is 12.8 Å². The maximum absolute atomic E-state index is 5.26. The number of rotatable bonds is 3. The van der Waals surface area contributed by atoms with E-state index in [9.17, 15) is 0 Å². The summed E-state index contributed by atoms with van der Waals surface area (Å²) in [5, 5.41) is 0. The zero-order valence-electron chi connectivity index (χ0n) is 6.45. The van der Waals surface area contributed by atoms with Crippen LogP contribution in [0.25, 0.3) is 4.85 Å². The molecule has 0 spiro atoms. The number of nitrogens with two attached hydrogens (primary N) is 3. The summed E-state index contributed by atoms with van der Waals surface area (Å²) in [4.78, 5) is 7.24. The van der Waals surface area contributed by atoms with Gasteiger partial charge < -0.3 is 17.2 Å². The van der Waals surface area contributed by atoms with Crippen LogP contribution in [0.15, 0.2) is 4.99 Å². The molecule has 0 aliphatic rings. The van der Waals surface area contributed by atoms with Crippen LogP contribution >= 0.6 is 0 Å². The Morgan fingerprint density at radius 3 is 2.64 bits per heavy atom. The first-order valence-corrected chi connectivity index (χ1v) is 3.47. The Morgan fingerprint density at radius 2 is 2.09 bits per heavy atom. The van der Waals surface area contributed by atoms with E-state index in [0.29, 0.717) is 13.1 Å². The molecule has 0 saturated carbocycles. The molecule has 0 heterocycles. The van der Waals surface area contributed by atoms with Gasteiger partial charge in [-0.05, 0) is 13.0 Å². The van der Waals surface area contributed by atoms with Gasteiger partial charge in [-0.15, -0.1) is 0 Å². The fourth-order valence-corrected chi connectivity index (χ4v) is 0.478. The van der Waals surface area contributed by atoms with Crippen molar-refractivity contribution in [2.24, 2.45) is 22.2 Å². The summed E-state index contributed by atoms with van der Waals surface area (Å²) < 4.78 is 0. The van der Waals surface area contributed by atoms with Crippen LogP contribution in [-0.4, -0.2) is 19.0 Å². The molecule has 5 nitrogen and oxygen atoms in total. The highest BCUT2D eigenvalue weighted by atomic mass is 15.0. The van der Waals surface area contributed by atoms with E-state index in [1.165, 1.54) is 0 Å². The van der Waals surface area contributed by atoms with Crippen LogP contribution in [0.4, 0.5) is 0 Å². The summed E-state index contributed by atoms with van der Waals surface area (Å²) in [6.45, 7) is 1.37. The molecule has 5 heteroatoms. The van der Waals surface area contributed by atoms with Gasteiger partial charge in [0.05, 0.1) is 4.99 Å². The van der Waals surface area contributed by atoms with Gasteiger partial charge in [0, 0.05) is 6.42 Å². The highest BCUT2D eigenvalue weighted by Gasteiger charge is 1.88. The first-order chi connectivity index (χ1) is 5.27. The van der Waals surface area contributed by atoms with Gasteiger partial charge in [-0.3, -0.25) is 0 Å². The zero-order chi connectivity index (χ0) is 8.53. The molecule has 0 atom stereocenters. The second-order valence-corrected chi connectivity index (χ2v) is 2.01. The molecule has 0 amide bonds. The molecule has 0 aromatic carbocycles. The summed E-state index contributed by atoms with van der Waals surface area (Å²) in [5.41, 5.74) is 15.3. The number of guanidine groups is 1. The van der Waals surface area contributed by atoms with Crippen LogP contribution in [0.1, 0.15) is 12.8 Å². The molecule has 6 N–H and O–H groups in total. The van der Waals surface area contributed by atoms with E-state index in [2.05, 4.69) is 16.0 Å². The number of nitrogens with zero attached hydrogens (tertiary/aromatic N) is 2. The van der Waals surface area contributed by atoms with Crippen LogP contribution in [0.5, 0.6) is 0 Å². The highest BCUT2D eigenvalue weighted by Crippen LogP contribution is 1.85. The second kappa shape index (κ2) is 6.83. The van der Waals surface area contributed by atoms with E-state index in [1.54, 1.807) is 0 Å². The van der Waals surface area contributed by atoms with Crippen LogP contribution in [0, 0.1) is 6.19 Å². The van der Waals surface area contributed by atoms with E-state index in [0.717, 1.165) is 12.8 Å². The van der Waals surface area contributed by atoms with Crippen molar-refractivity contribution in [1.29, 1.82) is 0 Å². The van der Waals surface area contributed by atoms with E-state index < -0.39 is 0 Å². The number of hydrogen-bond acceptors (Lipinski definition) is 2. The summed E-state index contributed by atoms with van der Waals surface area (Å²) in [6.07, 6.45) is 4.28. The van der Waals surface area contributed by atoms with Crippen molar-refractivity contribution in [3.63, 3.8) is 0 Å². The minimum Gasteiger partial charge on any atom is -0.348 e. The predicted molar refractivity (Wildman–Crippen MR) is 46.2 cm³/mol. The molecule has 0 aromatic heterocycles. The van der Waals surface area contributed by atoms with E-state index in [1.807, 2.05) is 0 Å². The van der Waals surface area contributed by atoms with Gasteiger partial charge in [0.25, 0.3) is 0 Å². The molecule has 0 aromatic rings. The first kappa shape index (κ1) is 9.72. The molecule has 0 aliphatic carbocycles. The molecule has 0 aliphatic heterocycles. The summed E-state index contributed by atoms with van der Waals surface area (Å²) >= 11 is 0. The lowest BCUT2D eigenvalue weighted by molar-refractivity contribution is 0.790. The molecule has 0 saturated heterocycles. The Morgan fingerprint density at radius 1 is 1.36 bits per heavy atom. The average molecular weight is 156 g/mol. The summed E-state index contributed by atoms with van der Waals surface area (Å²) in [7, 11) is 0. The topological polar surface area (TPSA) is 94.8 Å². The van der Waals surface area contributed by atoms with E-state index in [4.69, 9.17) is 17.2 Å². The quantitative estimate of drug-likeness (QED) is 0.218. The smallest absolute Gasteiger partial charge is 0.348 e. The molecular formula is C6H14N5+. The summed E-state index contributed by atoms with van der Waals surface area (Å²) in [6, 6.07) is 0. The van der Waals surface area contributed by atoms with Crippen molar-refractivity contribution < 1.29 is 0 Å². The summed E-state index contributed by atoms with van der Waals surface area (Å²) in [5.74, 6) is -0.0208. The normalized spacial score (nSPS) is 8.09. The maximum Gasteiger partial charge on any atom is 0.426 e. The van der Waals surface area contributed by atoms with Gasteiger partial charge in [-0.25, -0.2) is 0 Å². The van der Waals surface area contributed by atoms with Gasteiger partial charge in [-0.1, -0.05) is 0 Å². The fourth-order valence-electron chi connectivity index (χ4n) is 0.478. The number of unbranched alkanes of at least 4 members (excludes halogenated alkanes) is 1. The Hall–Kier alpha value is -1.28. The van der Waals surface area contributed by atoms with E-state index in [-0.39, 0.29) is 5.96 Å². The Labute approximate surface area is 66.1 Å². The van der Waals surface area contributed by atoms with Gasteiger partial charge in [-0.2, -0.15) is 4.85 Å². The fraction of sp³-hybridized carbons (Fsp3) is 0.667. The zero-order valence-corrected chi connectivity index (χ0v) is 6.45. The van der Waals surface area contributed by atoms with E-state index >= 15 is 0 Å². The van der Waals surface area contributed by atoms with Gasteiger partial charge in [0.15, 0.2) is 6.54 Å². The number of hydrogen-bond donors (Lipinski definition) is 3. The predicted octanol–water partition coefficient (Wildman–Crippen LogP) is -0.711. The molecule has 62 valence electrons. The Bertz CT molecular complexity index is 171. The monoisotopic (exact) mass is 156 g/mol. The van der Waals surface area contributed by atoms with Crippen LogP contribution in [-0.2, 0) is 0 Å². The van der Waals surface area contributed by atoms with Crippen LogP contribution in [0.2, 0.25) is 0 Å². The molecule has 11 heavy (non-hydrogen) atoms. The Balaban J connectivity index is 3.34. The van der Waals surface area contributed by atoms with Crippen molar-refractivity contribution >= 4 is 5.96 Å². The minimum absolute atomic E-state index is 0.0208. The molecular weight excluding hydrogens is 142 g/mol. The van der Waals surface area contributed by atoms with Crippen molar-refractivity contribution in [2.75, 3.05) is 13.1 Å². The molecule has 0 rings (SSSR count). The lowest BCUT2D eigenvalue weighted by Gasteiger charge is -1.83. The molecule has 0 unspecified atom stereocenters. The molecule has 0 bridgehead atoms. The maximum atomic E-state index is 5.26. The van der Waals surface area contributed by atoms with Crippen molar-refractivity contribution in [3.05, 3.63) is 4.85 Å². The standard InChI is InChI=1S/C6H13N5/c7-3-1-2-4-10-5-11-6(8)9/h1-4,7H2,(H3,8,9)/p+1. The lowest BCUT2D eigenvalue weighted by Crippen LogP contribution is -2.21. The number of aliphatic imine (C=N–C) groups is 1. The molecule has 0 radical (unpaired) electrons. The van der Waals surface area contributed by atoms with Crippen molar-refractivity contribution in [3.8, 4) is 6.19 Å². The highest BCUT2D eigenvalue weighted by molar-refractivity contribution is 5.76. The SMILES string of the molecule is NCCCC[N+]#CN=C(N)N. The minimum atomic E-state index is -0.0208. The third kappa shape index (κ3) is 8.72. The third-order valence-corrected chi connectivity index (χ3v) is 0.974. The van der Waals surface area contributed by atoms with Crippen LogP contribution in [0.3, 0.4) is 0 Å². The average Bonchev–Trinajstić information content (AvgIpc) is 1.96. The van der Waals surface area contributed by atoms with Gasteiger partial charge in [0.1, 0.15) is 0 Å². The van der Waals surface area contributed by atoms with Gasteiger partial charge >= 0.3 is 12.2 Å². The largest absolute Gasteiger partial charge is 0.426 e. The van der Waals surface area contributed by atoms with Gasteiger partial charge in [0.2, 0.25) is 0 Å². The Kier molecular flexibility index (Phi) is 6.04. The van der Waals surface area contributed by atoms with Crippen molar-refractivity contribution in [1.82, 2.24) is 0 Å². The molecule has 0 fully saturated rings.